The largest absolute Gasteiger partial charge is 0.493 e. The van der Waals surface area contributed by atoms with Crippen molar-refractivity contribution in [2.45, 2.75) is 50.7 Å². The van der Waals surface area contributed by atoms with Gasteiger partial charge in [-0.2, -0.15) is 0 Å². The lowest BCUT2D eigenvalue weighted by Gasteiger charge is -2.30. The highest BCUT2D eigenvalue weighted by molar-refractivity contribution is 5.95. The van der Waals surface area contributed by atoms with Crippen molar-refractivity contribution in [3.63, 3.8) is 0 Å². The Balaban J connectivity index is 1.38. The second-order valence-corrected chi connectivity index (χ2v) is 9.91. The molecule has 2 N–H and O–H groups in total. The lowest BCUT2D eigenvalue weighted by atomic mass is 10.0. The topological polar surface area (TPSA) is 92.4 Å². The molecular formula is C29H38N4O5. The normalized spacial score (nSPS) is 17.5. The summed E-state index contributed by atoms with van der Waals surface area (Å²) in [6.45, 7) is 1.38. The minimum Gasteiger partial charge on any atom is -0.493 e. The van der Waals surface area contributed by atoms with E-state index < -0.39 is 6.09 Å². The number of rotatable bonds is 10. The Morgan fingerprint density at radius 1 is 1.11 bits per heavy atom. The molecule has 1 aliphatic heterocycles. The van der Waals surface area contributed by atoms with E-state index in [1.54, 1.807) is 37.6 Å². The summed E-state index contributed by atoms with van der Waals surface area (Å²) >= 11 is 0. The van der Waals surface area contributed by atoms with Crippen LogP contribution in [-0.4, -0.2) is 62.3 Å². The van der Waals surface area contributed by atoms with Crippen molar-refractivity contribution >= 4 is 12.0 Å². The monoisotopic (exact) mass is 522 g/mol. The summed E-state index contributed by atoms with van der Waals surface area (Å²) in [7, 11) is 5.61. The van der Waals surface area contributed by atoms with Crippen LogP contribution >= 0.6 is 0 Å². The Kier molecular flexibility index (Phi) is 9.62. The molecule has 2 aliphatic rings. The number of benzene rings is 2. The molecule has 38 heavy (non-hydrogen) atoms. The summed E-state index contributed by atoms with van der Waals surface area (Å²) in [5, 5.41) is 4.20. The van der Waals surface area contributed by atoms with Crippen LogP contribution in [-0.2, 0) is 0 Å². The average Bonchev–Trinajstić information content (AvgIpc) is 3.44. The number of nitrogens with one attached hydrogen (secondary N) is 2. The van der Waals surface area contributed by atoms with Gasteiger partial charge in [-0.1, -0.05) is 18.2 Å². The van der Waals surface area contributed by atoms with Gasteiger partial charge in [-0.25, -0.2) is 15.2 Å². The molecule has 204 valence electrons. The Bertz CT molecular complexity index is 1130. The summed E-state index contributed by atoms with van der Waals surface area (Å²) in [6, 6.07) is 12.4. The number of methoxy groups -OCH3 is 1. The minimum absolute atomic E-state index is 0.117. The first kappa shape index (κ1) is 27.5. The van der Waals surface area contributed by atoms with E-state index in [2.05, 4.69) is 10.7 Å². The first-order valence-electron chi connectivity index (χ1n) is 13.2. The lowest BCUT2D eigenvalue weighted by molar-refractivity contribution is 0.0712. The number of hydrazine groups is 1. The fourth-order valence-electron chi connectivity index (χ4n) is 4.65. The number of carbonyl (C=O) groups is 2. The average molecular weight is 523 g/mol. The Morgan fingerprint density at radius 2 is 1.92 bits per heavy atom. The molecule has 9 heteroatoms. The lowest BCUT2D eigenvalue weighted by Crippen LogP contribution is -2.43. The van der Waals surface area contributed by atoms with Gasteiger partial charge in [0.2, 0.25) is 0 Å². The van der Waals surface area contributed by atoms with Crippen LogP contribution in [0.4, 0.5) is 4.79 Å². The third kappa shape index (κ3) is 7.49. The molecule has 9 nitrogen and oxygen atoms in total. The van der Waals surface area contributed by atoms with Gasteiger partial charge in [-0.15, -0.1) is 0 Å². The number of nitrogens with zero attached hydrogens (tertiary/aromatic N) is 2. The molecule has 0 spiro atoms. The van der Waals surface area contributed by atoms with Crippen molar-refractivity contribution in [3.05, 3.63) is 65.9 Å². The third-order valence-electron chi connectivity index (χ3n) is 6.67. The minimum atomic E-state index is -0.542. The maximum absolute atomic E-state index is 13.3. The molecule has 1 aliphatic carbocycles. The molecule has 0 radical (unpaired) electrons. The van der Waals surface area contributed by atoms with E-state index in [1.807, 2.05) is 43.3 Å². The van der Waals surface area contributed by atoms with Gasteiger partial charge in [0.1, 0.15) is 5.75 Å². The molecule has 2 amide bonds. The van der Waals surface area contributed by atoms with Gasteiger partial charge >= 0.3 is 6.09 Å². The fraction of sp³-hybridized carbons (Fsp3) is 0.448. The number of carbonyl (C=O) groups excluding carboxylic acids is 2. The van der Waals surface area contributed by atoms with E-state index in [0.29, 0.717) is 23.6 Å². The molecule has 1 saturated carbocycles. The predicted octanol–water partition coefficient (Wildman–Crippen LogP) is 4.66. The van der Waals surface area contributed by atoms with Gasteiger partial charge in [0.15, 0.2) is 11.5 Å². The molecule has 1 unspecified atom stereocenters. The summed E-state index contributed by atoms with van der Waals surface area (Å²) in [5.74, 6) is 1.50. The van der Waals surface area contributed by atoms with E-state index in [0.717, 1.165) is 43.5 Å². The number of hydrogen-bond acceptors (Lipinski definition) is 7. The van der Waals surface area contributed by atoms with Crippen molar-refractivity contribution in [3.8, 4) is 17.2 Å². The zero-order valence-corrected chi connectivity index (χ0v) is 22.4. The van der Waals surface area contributed by atoms with Crippen LogP contribution in [0, 0.1) is 0 Å². The van der Waals surface area contributed by atoms with Gasteiger partial charge < -0.3 is 24.4 Å². The van der Waals surface area contributed by atoms with Gasteiger partial charge in [-0.3, -0.25) is 4.79 Å². The number of amides is 2. The standard InChI is InChI=1S/C29H38N4O5/c1-32(2)17-8-16-30-29(35)38-24-12-6-9-22(19-24)28(34)33-18-7-13-25(31-33)21-14-15-26(36-3)27(20-21)37-23-10-4-5-11-23/h6-7,9,12,14-15,18-20,23,25,31H,4-5,8,10-11,13,16-17H2,1-3H3,(H,30,35). The van der Waals surface area contributed by atoms with Crippen LogP contribution < -0.4 is 25.0 Å². The van der Waals surface area contributed by atoms with Crippen molar-refractivity contribution in [2.24, 2.45) is 0 Å². The number of ether oxygens (including phenoxy) is 3. The summed E-state index contributed by atoms with van der Waals surface area (Å²) in [6.07, 6.45) is 9.38. The van der Waals surface area contributed by atoms with Gasteiger partial charge in [0.25, 0.3) is 5.91 Å². The highest BCUT2D eigenvalue weighted by Gasteiger charge is 2.24. The van der Waals surface area contributed by atoms with Crippen LogP contribution in [0.3, 0.4) is 0 Å². The first-order chi connectivity index (χ1) is 18.4. The van der Waals surface area contributed by atoms with Crippen LogP contribution in [0.15, 0.2) is 54.7 Å². The van der Waals surface area contributed by atoms with E-state index in [-0.39, 0.29) is 18.1 Å². The molecule has 0 saturated heterocycles. The maximum atomic E-state index is 13.3. The van der Waals surface area contributed by atoms with E-state index in [4.69, 9.17) is 14.2 Å². The van der Waals surface area contributed by atoms with Gasteiger partial charge in [0.05, 0.1) is 19.3 Å². The van der Waals surface area contributed by atoms with E-state index in [9.17, 15) is 9.59 Å². The molecule has 2 aromatic rings. The second kappa shape index (κ2) is 13.3. The van der Waals surface area contributed by atoms with Crippen molar-refractivity contribution < 1.29 is 23.8 Å². The van der Waals surface area contributed by atoms with Crippen molar-refractivity contribution in [2.75, 3.05) is 34.3 Å². The molecule has 0 aromatic heterocycles. The summed E-state index contributed by atoms with van der Waals surface area (Å²) < 4.78 is 17.2. The zero-order valence-electron chi connectivity index (χ0n) is 22.4. The molecular weight excluding hydrogens is 484 g/mol. The van der Waals surface area contributed by atoms with Crippen LogP contribution in [0.2, 0.25) is 0 Å². The Hall–Kier alpha value is -3.56. The fourth-order valence-corrected chi connectivity index (χ4v) is 4.65. The molecule has 0 bridgehead atoms. The van der Waals surface area contributed by atoms with Crippen molar-refractivity contribution in [1.29, 1.82) is 0 Å². The summed E-state index contributed by atoms with van der Waals surface area (Å²) in [5.41, 5.74) is 4.71. The molecule has 2 aromatic carbocycles. The Labute approximate surface area is 224 Å². The highest BCUT2D eigenvalue weighted by atomic mass is 16.6. The highest BCUT2D eigenvalue weighted by Crippen LogP contribution is 2.35. The molecule has 1 atom stereocenters. The van der Waals surface area contributed by atoms with Gasteiger partial charge in [-0.05, 0) is 95.1 Å². The quantitative estimate of drug-likeness (QED) is 0.439. The van der Waals surface area contributed by atoms with Crippen molar-refractivity contribution in [1.82, 2.24) is 20.7 Å². The predicted molar refractivity (Wildman–Crippen MR) is 145 cm³/mol. The zero-order chi connectivity index (χ0) is 26.9. The number of hydrogen-bond donors (Lipinski definition) is 2. The molecule has 1 fully saturated rings. The molecule has 4 rings (SSSR count). The van der Waals surface area contributed by atoms with Crippen LogP contribution in [0.1, 0.15) is 60.5 Å². The summed E-state index contributed by atoms with van der Waals surface area (Å²) in [4.78, 5) is 27.5. The van der Waals surface area contributed by atoms with Gasteiger partial charge in [0, 0.05) is 18.3 Å². The molecule has 1 heterocycles. The first-order valence-corrected chi connectivity index (χ1v) is 13.2. The second-order valence-electron chi connectivity index (χ2n) is 9.91. The van der Waals surface area contributed by atoms with E-state index in [1.165, 1.54) is 17.9 Å². The Morgan fingerprint density at radius 3 is 2.68 bits per heavy atom. The van der Waals surface area contributed by atoms with E-state index >= 15 is 0 Å². The third-order valence-corrected chi connectivity index (χ3v) is 6.67. The maximum Gasteiger partial charge on any atom is 0.412 e. The van der Waals surface area contributed by atoms with Crippen LogP contribution in [0.25, 0.3) is 0 Å². The smallest absolute Gasteiger partial charge is 0.412 e. The van der Waals surface area contributed by atoms with Crippen LogP contribution in [0.5, 0.6) is 17.2 Å². The SMILES string of the molecule is COc1ccc(C2CC=CN(C(=O)c3cccc(OC(=O)NCCCN(C)C)c3)N2)cc1OC1CCCC1.